The molecule has 3 aliphatic rings. The van der Waals surface area contributed by atoms with E-state index in [4.69, 9.17) is 4.74 Å². The molecule has 0 aromatic carbocycles. The lowest BCUT2D eigenvalue weighted by molar-refractivity contribution is -0.102. The van der Waals surface area contributed by atoms with Crippen molar-refractivity contribution < 1.29 is 13.7 Å². The molecule has 2 heterocycles. The van der Waals surface area contributed by atoms with E-state index in [0.717, 1.165) is 25.8 Å². The molecule has 0 bridgehead atoms. The van der Waals surface area contributed by atoms with Crippen molar-refractivity contribution in [3.8, 4) is 0 Å². The van der Waals surface area contributed by atoms with Gasteiger partial charge in [-0.3, -0.25) is 0 Å². The van der Waals surface area contributed by atoms with E-state index in [1.54, 1.807) is 0 Å². The highest BCUT2D eigenvalue weighted by atomic mass is 32.2. The number of carbonyl (C=O) groups is 1. The maximum atomic E-state index is 12.8. The fourth-order valence-electron chi connectivity index (χ4n) is 4.76. The Morgan fingerprint density at radius 1 is 1.19 bits per heavy atom. The Bertz CT molecular complexity index is 608. The van der Waals surface area contributed by atoms with Gasteiger partial charge in [-0.25, -0.2) is 13.4 Å². The van der Waals surface area contributed by atoms with E-state index >= 15 is 0 Å². The molecular formula is C19H35N3O3S. The van der Waals surface area contributed by atoms with Crippen LogP contribution in [0.15, 0.2) is 4.36 Å². The predicted octanol–water partition coefficient (Wildman–Crippen LogP) is 3.02. The van der Waals surface area contributed by atoms with Gasteiger partial charge in [0, 0.05) is 40.9 Å². The number of morpholine rings is 1. The summed E-state index contributed by atoms with van der Waals surface area (Å²) >= 11 is 0. The van der Waals surface area contributed by atoms with Gasteiger partial charge in [0.1, 0.15) is 0 Å². The Kier molecular flexibility index (Phi) is 6.17. The molecule has 0 unspecified atom stereocenters. The number of rotatable bonds is 4. The van der Waals surface area contributed by atoms with Gasteiger partial charge in [0.15, 0.2) is 0 Å². The zero-order valence-corrected chi connectivity index (χ0v) is 17.2. The van der Waals surface area contributed by atoms with Crippen molar-refractivity contribution in [3.63, 3.8) is 0 Å². The van der Waals surface area contributed by atoms with Crippen LogP contribution < -0.4 is 5.32 Å². The molecule has 0 aromatic heterocycles. The Labute approximate surface area is 158 Å². The Balaban J connectivity index is 1.56. The van der Waals surface area contributed by atoms with Crippen LogP contribution in [0.5, 0.6) is 0 Å². The average molecular weight is 386 g/mol. The Morgan fingerprint density at radius 3 is 2.50 bits per heavy atom. The Morgan fingerprint density at radius 2 is 1.88 bits per heavy atom. The SMILES string of the molecule is CCN=S1(=O)CCC2(CC1)CN(C(=O)NCC1(CC)CCCC1)CCO2. The van der Waals surface area contributed by atoms with Crippen LogP contribution in [-0.4, -0.2) is 65.0 Å². The highest BCUT2D eigenvalue weighted by molar-refractivity contribution is 7.93. The predicted molar refractivity (Wildman–Crippen MR) is 105 cm³/mol. The summed E-state index contributed by atoms with van der Waals surface area (Å²) in [5.41, 5.74) is -0.0206. The molecule has 6 nitrogen and oxygen atoms in total. The second-order valence-corrected chi connectivity index (χ2v) is 10.9. The van der Waals surface area contributed by atoms with Crippen molar-refractivity contribution in [1.29, 1.82) is 0 Å². The molecule has 26 heavy (non-hydrogen) atoms. The van der Waals surface area contributed by atoms with Crippen molar-refractivity contribution in [2.75, 3.05) is 44.3 Å². The molecule has 1 aliphatic carbocycles. The van der Waals surface area contributed by atoms with Crippen LogP contribution in [0, 0.1) is 5.41 Å². The number of ether oxygens (including phenoxy) is 1. The van der Waals surface area contributed by atoms with Gasteiger partial charge in [-0.15, -0.1) is 0 Å². The van der Waals surface area contributed by atoms with E-state index in [-0.39, 0.29) is 11.6 Å². The standard InChI is InChI=1S/C19H35N3O3S/c1-3-18(7-5-6-8-18)15-20-17(23)22-11-12-25-19(16-22)9-13-26(24,14-10-19)21-4-2/h3-16H2,1-2H3,(H,20,23). The average Bonchev–Trinajstić information content (AvgIpc) is 3.13. The lowest BCUT2D eigenvalue weighted by atomic mass is 9.83. The van der Waals surface area contributed by atoms with Gasteiger partial charge in [0.25, 0.3) is 0 Å². The summed E-state index contributed by atoms with van der Waals surface area (Å²) in [5.74, 6) is 1.19. The van der Waals surface area contributed by atoms with Gasteiger partial charge in [-0.05, 0) is 44.4 Å². The zero-order valence-electron chi connectivity index (χ0n) is 16.4. The molecule has 1 saturated carbocycles. The van der Waals surface area contributed by atoms with E-state index < -0.39 is 9.73 Å². The number of nitrogens with one attached hydrogen (secondary N) is 1. The molecule has 3 fully saturated rings. The molecule has 1 spiro atoms. The molecule has 0 atom stereocenters. The maximum absolute atomic E-state index is 12.8. The molecule has 0 radical (unpaired) electrons. The number of hydrogen-bond donors (Lipinski definition) is 1. The minimum atomic E-state index is -2.06. The minimum Gasteiger partial charge on any atom is -0.371 e. The van der Waals surface area contributed by atoms with Crippen molar-refractivity contribution in [3.05, 3.63) is 0 Å². The molecule has 1 N–H and O–H groups in total. The lowest BCUT2D eigenvalue weighted by Crippen LogP contribution is -2.58. The molecule has 0 aromatic rings. The number of hydrogen-bond acceptors (Lipinski definition) is 4. The van der Waals surface area contributed by atoms with Gasteiger partial charge in [-0.1, -0.05) is 19.8 Å². The molecule has 3 rings (SSSR count). The first-order valence-electron chi connectivity index (χ1n) is 10.3. The normalized spacial score (nSPS) is 34.0. The third kappa shape index (κ3) is 4.35. The van der Waals surface area contributed by atoms with Crippen molar-refractivity contribution in [2.24, 2.45) is 9.78 Å². The van der Waals surface area contributed by atoms with Crippen LogP contribution in [0.4, 0.5) is 4.79 Å². The zero-order chi connectivity index (χ0) is 18.7. The lowest BCUT2D eigenvalue weighted by Gasteiger charge is -2.45. The van der Waals surface area contributed by atoms with Crippen LogP contribution >= 0.6 is 0 Å². The summed E-state index contributed by atoms with van der Waals surface area (Å²) in [7, 11) is -2.06. The fraction of sp³-hybridized carbons (Fsp3) is 0.947. The van der Waals surface area contributed by atoms with Crippen LogP contribution in [0.1, 0.15) is 58.8 Å². The largest absolute Gasteiger partial charge is 0.371 e. The molecule has 2 aliphatic heterocycles. The molecule has 2 amide bonds. The smallest absolute Gasteiger partial charge is 0.317 e. The first-order chi connectivity index (χ1) is 12.4. The molecular weight excluding hydrogens is 350 g/mol. The van der Waals surface area contributed by atoms with Crippen LogP contribution in [-0.2, 0) is 14.5 Å². The van der Waals surface area contributed by atoms with Crippen LogP contribution in [0.25, 0.3) is 0 Å². The van der Waals surface area contributed by atoms with Crippen LogP contribution in [0.3, 0.4) is 0 Å². The number of carbonyl (C=O) groups excluding carboxylic acids is 1. The highest BCUT2D eigenvalue weighted by Gasteiger charge is 2.42. The first kappa shape index (κ1) is 19.9. The monoisotopic (exact) mass is 385 g/mol. The summed E-state index contributed by atoms with van der Waals surface area (Å²) in [4.78, 5) is 14.7. The molecule has 7 heteroatoms. The summed E-state index contributed by atoms with van der Waals surface area (Å²) in [6.07, 6.45) is 7.63. The molecule has 2 saturated heterocycles. The van der Waals surface area contributed by atoms with E-state index in [1.807, 2.05) is 11.8 Å². The van der Waals surface area contributed by atoms with Crippen molar-refractivity contribution in [1.82, 2.24) is 10.2 Å². The summed E-state index contributed by atoms with van der Waals surface area (Å²) in [6, 6.07) is 0.0388. The Hall–Kier alpha value is -0.820. The maximum Gasteiger partial charge on any atom is 0.317 e. The summed E-state index contributed by atoms with van der Waals surface area (Å²) in [6.45, 7) is 7.39. The summed E-state index contributed by atoms with van der Waals surface area (Å²) < 4.78 is 23.1. The number of urea groups is 1. The van der Waals surface area contributed by atoms with Gasteiger partial charge >= 0.3 is 6.03 Å². The molecule has 150 valence electrons. The van der Waals surface area contributed by atoms with Crippen LogP contribution in [0.2, 0.25) is 0 Å². The van der Waals surface area contributed by atoms with Crippen molar-refractivity contribution in [2.45, 2.75) is 64.4 Å². The third-order valence-electron chi connectivity index (χ3n) is 6.68. The van der Waals surface area contributed by atoms with Gasteiger partial charge in [-0.2, -0.15) is 0 Å². The quantitative estimate of drug-likeness (QED) is 0.809. The van der Waals surface area contributed by atoms with E-state index in [0.29, 0.717) is 43.2 Å². The third-order valence-corrected chi connectivity index (χ3v) is 9.09. The number of nitrogens with zero attached hydrogens (tertiary/aromatic N) is 2. The van der Waals surface area contributed by atoms with E-state index in [9.17, 15) is 9.00 Å². The van der Waals surface area contributed by atoms with Gasteiger partial charge < -0.3 is 15.0 Å². The second-order valence-electron chi connectivity index (χ2n) is 8.30. The van der Waals surface area contributed by atoms with Gasteiger partial charge in [0.2, 0.25) is 0 Å². The first-order valence-corrected chi connectivity index (χ1v) is 12.1. The van der Waals surface area contributed by atoms with Crippen molar-refractivity contribution >= 4 is 15.8 Å². The van der Waals surface area contributed by atoms with E-state index in [1.165, 1.54) is 25.7 Å². The van der Waals surface area contributed by atoms with Gasteiger partial charge in [0.05, 0.1) is 18.8 Å². The topological polar surface area (TPSA) is 71.0 Å². The summed E-state index contributed by atoms with van der Waals surface area (Å²) in [5, 5.41) is 3.20. The minimum absolute atomic E-state index is 0.0388. The fourth-order valence-corrected chi connectivity index (χ4v) is 7.07. The van der Waals surface area contributed by atoms with E-state index in [2.05, 4.69) is 16.6 Å². The highest BCUT2D eigenvalue weighted by Crippen LogP contribution is 2.40. The number of amides is 2. The second kappa shape index (κ2) is 8.05.